The van der Waals surface area contributed by atoms with E-state index in [1.54, 1.807) is 0 Å². The van der Waals surface area contributed by atoms with Crippen LogP contribution in [-0.2, 0) is 6.42 Å². The highest BCUT2D eigenvalue weighted by Gasteiger charge is 2.37. The monoisotopic (exact) mass is 501 g/mol. The van der Waals surface area contributed by atoms with Crippen molar-refractivity contribution in [2.75, 3.05) is 5.32 Å². The fourth-order valence-electron chi connectivity index (χ4n) is 5.18. The maximum atomic E-state index is 13.4. The van der Waals surface area contributed by atoms with Gasteiger partial charge >= 0.3 is 0 Å². The molecule has 0 saturated heterocycles. The Hall–Kier alpha value is -2.51. The Labute approximate surface area is 209 Å². The minimum atomic E-state index is -0.428. The van der Waals surface area contributed by atoms with Gasteiger partial charge in [-0.2, -0.15) is 0 Å². The van der Waals surface area contributed by atoms with Crippen LogP contribution in [0.25, 0.3) is 11.0 Å². The molecule has 1 aliphatic heterocycles. The average molecular weight is 502 g/mol. The number of amides is 1. The van der Waals surface area contributed by atoms with Gasteiger partial charge in [-0.15, -0.1) is 0 Å². The first-order valence-electron chi connectivity index (χ1n) is 11.6. The number of benzene rings is 1. The van der Waals surface area contributed by atoms with Crippen molar-refractivity contribution in [1.29, 1.82) is 0 Å². The molecule has 0 radical (unpaired) electrons. The van der Waals surface area contributed by atoms with Crippen molar-refractivity contribution in [3.8, 4) is 5.75 Å². The van der Waals surface area contributed by atoms with Gasteiger partial charge in [0.25, 0.3) is 5.91 Å². The van der Waals surface area contributed by atoms with Crippen molar-refractivity contribution < 1.29 is 9.53 Å². The summed E-state index contributed by atoms with van der Waals surface area (Å²) in [5.41, 5.74) is 3.30. The zero-order valence-corrected chi connectivity index (χ0v) is 21.3. The van der Waals surface area contributed by atoms with E-state index in [1.165, 1.54) is 18.8 Å². The molecule has 180 valence electrons. The quantitative estimate of drug-likeness (QED) is 0.383. The minimum Gasteiger partial charge on any atom is -0.486 e. The molecule has 1 amide bonds. The standard InChI is InChI=1S/C25H29Cl2N5O2/c1-24(2)7-5-6-13(9-24)29-22(33)14-8-18-19(15-10-25(3,4)34-21(14)15)31-23(30-18)32-20-16(26)11-28-12-17(20)27/h8,11-13H,5-7,9-10H2,1-4H3,(H,29,33)(H2,28,30,31,32). The second-order valence-corrected chi connectivity index (χ2v) is 11.6. The molecular formula is C25H29Cl2N5O2. The largest absolute Gasteiger partial charge is 0.486 e. The molecule has 2 aliphatic rings. The number of carbonyl (C=O) groups is 1. The Morgan fingerprint density at radius 3 is 2.65 bits per heavy atom. The molecule has 5 rings (SSSR count). The molecule has 3 N–H and O–H groups in total. The molecule has 1 saturated carbocycles. The van der Waals surface area contributed by atoms with Crippen LogP contribution in [0, 0.1) is 5.41 Å². The number of nitrogens with zero attached hydrogens (tertiary/aromatic N) is 2. The van der Waals surface area contributed by atoms with E-state index < -0.39 is 5.60 Å². The van der Waals surface area contributed by atoms with E-state index in [-0.39, 0.29) is 17.4 Å². The Morgan fingerprint density at radius 2 is 1.94 bits per heavy atom. The molecule has 1 aromatic carbocycles. The number of rotatable bonds is 4. The average Bonchev–Trinajstić information content (AvgIpc) is 3.28. The summed E-state index contributed by atoms with van der Waals surface area (Å²) in [4.78, 5) is 25.4. The summed E-state index contributed by atoms with van der Waals surface area (Å²) in [6.45, 7) is 8.57. The number of aromatic amines is 1. The molecule has 0 spiro atoms. The first-order chi connectivity index (χ1) is 16.0. The van der Waals surface area contributed by atoms with Gasteiger partial charge in [0.1, 0.15) is 11.4 Å². The Morgan fingerprint density at radius 1 is 1.21 bits per heavy atom. The predicted molar refractivity (Wildman–Crippen MR) is 136 cm³/mol. The number of pyridine rings is 1. The molecule has 0 bridgehead atoms. The lowest BCUT2D eigenvalue weighted by Gasteiger charge is -2.35. The van der Waals surface area contributed by atoms with Crippen LogP contribution in [-0.4, -0.2) is 32.5 Å². The maximum Gasteiger partial charge on any atom is 0.255 e. The molecule has 1 fully saturated rings. The van der Waals surface area contributed by atoms with Crippen molar-refractivity contribution in [1.82, 2.24) is 20.3 Å². The smallest absolute Gasteiger partial charge is 0.255 e. The molecular weight excluding hydrogens is 473 g/mol. The lowest BCUT2D eigenvalue weighted by molar-refractivity contribution is 0.0890. The van der Waals surface area contributed by atoms with Gasteiger partial charge in [-0.3, -0.25) is 9.78 Å². The number of hydrogen-bond acceptors (Lipinski definition) is 5. The van der Waals surface area contributed by atoms with Crippen LogP contribution < -0.4 is 15.4 Å². The van der Waals surface area contributed by atoms with E-state index in [1.807, 2.05) is 19.9 Å². The van der Waals surface area contributed by atoms with Crippen LogP contribution >= 0.6 is 23.2 Å². The number of imidazole rings is 1. The molecule has 1 aliphatic carbocycles. The predicted octanol–water partition coefficient (Wildman–Crippen LogP) is 6.42. The minimum absolute atomic E-state index is 0.108. The number of ether oxygens (including phenoxy) is 1. The summed E-state index contributed by atoms with van der Waals surface area (Å²) in [5, 5.41) is 7.19. The van der Waals surface area contributed by atoms with Gasteiger partial charge < -0.3 is 20.4 Å². The van der Waals surface area contributed by atoms with Crippen molar-refractivity contribution in [2.45, 2.75) is 71.4 Å². The van der Waals surface area contributed by atoms with Crippen LogP contribution in [0.4, 0.5) is 11.6 Å². The highest BCUT2D eigenvalue weighted by Crippen LogP contribution is 2.43. The number of fused-ring (bicyclic) bond motifs is 3. The van der Waals surface area contributed by atoms with Gasteiger partial charge in [0.15, 0.2) is 0 Å². The van der Waals surface area contributed by atoms with E-state index in [9.17, 15) is 4.79 Å². The maximum absolute atomic E-state index is 13.4. The second-order valence-electron chi connectivity index (χ2n) is 10.8. The number of anilines is 2. The van der Waals surface area contributed by atoms with Gasteiger partial charge in [0.2, 0.25) is 5.95 Å². The Kier molecular flexibility index (Phi) is 5.68. The van der Waals surface area contributed by atoms with Gasteiger partial charge in [-0.1, -0.05) is 43.5 Å². The third-order valence-electron chi connectivity index (χ3n) is 6.69. The molecule has 1 unspecified atom stereocenters. The van der Waals surface area contributed by atoms with Gasteiger partial charge in [0.05, 0.1) is 32.3 Å². The zero-order valence-electron chi connectivity index (χ0n) is 19.8. The second kappa shape index (κ2) is 8.31. The number of H-pyrrole nitrogens is 1. The van der Waals surface area contributed by atoms with Crippen molar-refractivity contribution in [3.05, 3.63) is 39.6 Å². The van der Waals surface area contributed by atoms with Crippen LogP contribution in [0.5, 0.6) is 5.75 Å². The molecule has 2 aromatic heterocycles. The molecule has 9 heteroatoms. The normalized spacial score (nSPS) is 20.6. The lowest BCUT2D eigenvalue weighted by atomic mass is 9.75. The summed E-state index contributed by atoms with van der Waals surface area (Å²) in [5.74, 6) is 0.981. The number of aromatic nitrogens is 3. The van der Waals surface area contributed by atoms with Crippen LogP contribution in [0.2, 0.25) is 10.0 Å². The van der Waals surface area contributed by atoms with E-state index in [0.717, 1.165) is 35.9 Å². The summed E-state index contributed by atoms with van der Waals surface area (Å²) >= 11 is 12.5. The number of hydrogen-bond donors (Lipinski definition) is 3. The first-order valence-corrected chi connectivity index (χ1v) is 12.4. The van der Waals surface area contributed by atoms with E-state index in [2.05, 4.69) is 34.4 Å². The van der Waals surface area contributed by atoms with Crippen LogP contribution in [0.1, 0.15) is 69.3 Å². The van der Waals surface area contributed by atoms with Gasteiger partial charge in [-0.25, -0.2) is 4.98 Å². The van der Waals surface area contributed by atoms with E-state index >= 15 is 0 Å². The van der Waals surface area contributed by atoms with Crippen LogP contribution in [0.15, 0.2) is 18.5 Å². The van der Waals surface area contributed by atoms with Crippen molar-refractivity contribution >= 4 is 51.8 Å². The fourth-order valence-corrected chi connectivity index (χ4v) is 5.64. The highest BCUT2D eigenvalue weighted by atomic mass is 35.5. The van der Waals surface area contributed by atoms with Crippen LogP contribution in [0.3, 0.4) is 0 Å². The van der Waals surface area contributed by atoms with E-state index in [0.29, 0.717) is 39.4 Å². The molecule has 3 aromatic rings. The third-order valence-corrected chi connectivity index (χ3v) is 7.26. The first kappa shape index (κ1) is 23.2. The van der Waals surface area contributed by atoms with Crippen molar-refractivity contribution in [3.63, 3.8) is 0 Å². The SMILES string of the molecule is CC1(C)CCCC(NC(=O)c2cc3[nH]c(Nc4c(Cl)cncc4Cl)nc3c3c2OC(C)(C)C3)C1. The van der Waals surface area contributed by atoms with Gasteiger partial charge in [0, 0.05) is 30.4 Å². The van der Waals surface area contributed by atoms with E-state index in [4.69, 9.17) is 32.9 Å². The fraction of sp³-hybridized carbons (Fsp3) is 0.480. The zero-order chi connectivity index (χ0) is 24.3. The Bertz CT molecular complexity index is 1260. The molecule has 34 heavy (non-hydrogen) atoms. The lowest BCUT2D eigenvalue weighted by Crippen LogP contribution is -2.40. The summed E-state index contributed by atoms with van der Waals surface area (Å²) in [6.07, 6.45) is 7.96. The third kappa shape index (κ3) is 4.43. The summed E-state index contributed by atoms with van der Waals surface area (Å²) in [7, 11) is 0. The summed E-state index contributed by atoms with van der Waals surface area (Å²) in [6, 6.07) is 1.99. The highest BCUT2D eigenvalue weighted by molar-refractivity contribution is 6.39. The molecule has 1 atom stereocenters. The molecule has 3 heterocycles. The molecule has 7 nitrogen and oxygen atoms in total. The summed E-state index contributed by atoms with van der Waals surface area (Å²) < 4.78 is 6.26. The topological polar surface area (TPSA) is 91.9 Å². The number of halogens is 2. The van der Waals surface area contributed by atoms with Crippen molar-refractivity contribution in [2.24, 2.45) is 5.41 Å². The Balaban J connectivity index is 1.51. The van der Waals surface area contributed by atoms with Gasteiger partial charge in [-0.05, 0) is 44.6 Å². The number of carbonyl (C=O) groups excluding carboxylic acids is 1. The number of nitrogens with one attached hydrogen (secondary N) is 3.